The van der Waals surface area contributed by atoms with Crippen LogP contribution in [-0.2, 0) is 0 Å². The first-order valence-corrected chi connectivity index (χ1v) is 4.84. The molecule has 0 amide bonds. The summed E-state index contributed by atoms with van der Waals surface area (Å²) in [5.41, 5.74) is 0.119. The number of halogens is 1. The van der Waals surface area contributed by atoms with Crippen molar-refractivity contribution in [1.29, 1.82) is 0 Å². The number of rotatable bonds is 4. The molecule has 0 aliphatic rings. The van der Waals surface area contributed by atoms with Crippen LogP contribution >= 0.6 is 11.6 Å². The number of carbonyl (C=O) groups is 1. The lowest BCUT2D eigenvalue weighted by Gasteiger charge is -2.00. The number of non-ortho nitro benzene ring substituents is 1. The van der Waals surface area contributed by atoms with E-state index >= 15 is 0 Å². The summed E-state index contributed by atoms with van der Waals surface area (Å²) < 4.78 is 0. The maximum Gasteiger partial charge on any atom is 0.336 e. The third kappa shape index (κ3) is 2.80. The molecule has 0 aromatic heterocycles. The van der Waals surface area contributed by atoms with Gasteiger partial charge in [0.05, 0.1) is 10.5 Å². The van der Waals surface area contributed by atoms with Gasteiger partial charge in [0.15, 0.2) is 0 Å². The van der Waals surface area contributed by atoms with Gasteiger partial charge in [-0.05, 0) is 11.6 Å². The highest BCUT2D eigenvalue weighted by Crippen LogP contribution is 2.19. The van der Waals surface area contributed by atoms with Crippen molar-refractivity contribution in [1.82, 2.24) is 0 Å². The number of benzene rings is 1. The van der Waals surface area contributed by atoms with E-state index in [1.54, 1.807) is 0 Å². The van der Waals surface area contributed by atoms with Gasteiger partial charge in [-0.25, -0.2) is 4.79 Å². The second-order valence-electron chi connectivity index (χ2n) is 2.89. The molecule has 16 heavy (non-hydrogen) atoms. The molecule has 0 saturated heterocycles. The van der Waals surface area contributed by atoms with E-state index in [0.29, 0.717) is 0 Å². The van der Waals surface area contributed by atoms with Crippen LogP contribution in [0, 0.1) is 10.1 Å². The monoisotopic (exact) mass is 241 g/mol. The van der Waals surface area contributed by atoms with Gasteiger partial charge in [0.25, 0.3) is 5.69 Å². The summed E-state index contributed by atoms with van der Waals surface area (Å²) in [6.07, 6.45) is 2.97. The zero-order chi connectivity index (χ0) is 12.1. The Bertz CT molecular complexity index is 456. The number of carboxylic acid groups (broad SMARTS) is 1. The molecule has 84 valence electrons. The largest absolute Gasteiger partial charge is 0.478 e. The maximum atomic E-state index is 10.8. The first-order chi connectivity index (χ1) is 7.56. The predicted octanol–water partition coefficient (Wildman–Crippen LogP) is 2.55. The summed E-state index contributed by atoms with van der Waals surface area (Å²) in [7, 11) is 0. The Morgan fingerprint density at radius 3 is 2.75 bits per heavy atom. The topological polar surface area (TPSA) is 80.4 Å². The number of nitro groups is 1. The van der Waals surface area contributed by atoms with Crippen LogP contribution in [-0.4, -0.2) is 21.9 Å². The lowest BCUT2D eigenvalue weighted by atomic mass is 10.1. The molecule has 0 fully saturated rings. The normalized spacial score (nSPS) is 10.6. The molecule has 0 aliphatic carbocycles. The average Bonchev–Trinajstić information content (AvgIpc) is 2.25. The zero-order valence-corrected chi connectivity index (χ0v) is 8.85. The minimum atomic E-state index is -1.14. The third-order valence-corrected chi connectivity index (χ3v) is 2.04. The van der Waals surface area contributed by atoms with E-state index in [1.165, 1.54) is 24.3 Å². The van der Waals surface area contributed by atoms with Crippen molar-refractivity contribution < 1.29 is 14.8 Å². The lowest BCUT2D eigenvalue weighted by molar-refractivity contribution is -0.384. The van der Waals surface area contributed by atoms with E-state index in [1.807, 2.05) is 0 Å². The van der Waals surface area contributed by atoms with Gasteiger partial charge in [-0.1, -0.05) is 12.2 Å². The number of alkyl halides is 1. The molecule has 0 saturated carbocycles. The first-order valence-electron chi connectivity index (χ1n) is 4.30. The van der Waals surface area contributed by atoms with Gasteiger partial charge in [0.1, 0.15) is 0 Å². The van der Waals surface area contributed by atoms with Crippen LogP contribution in [0.1, 0.15) is 15.9 Å². The second-order valence-corrected chi connectivity index (χ2v) is 3.20. The maximum absolute atomic E-state index is 10.8. The number of nitrogens with zero attached hydrogens (tertiary/aromatic N) is 1. The Balaban J connectivity index is 3.26. The molecular formula is C10H8ClNO4. The smallest absolute Gasteiger partial charge is 0.336 e. The minimum Gasteiger partial charge on any atom is -0.478 e. The van der Waals surface area contributed by atoms with E-state index in [-0.39, 0.29) is 22.7 Å². The van der Waals surface area contributed by atoms with Gasteiger partial charge in [0.2, 0.25) is 0 Å². The Hall–Kier alpha value is -1.88. The van der Waals surface area contributed by atoms with Crippen LogP contribution in [0.25, 0.3) is 6.08 Å². The molecule has 5 nitrogen and oxygen atoms in total. The molecule has 0 atom stereocenters. The van der Waals surface area contributed by atoms with Gasteiger partial charge in [0, 0.05) is 18.0 Å². The minimum absolute atomic E-state index is 0.00645. The van der Waals surface area contributed by atoms with Crippen molar-refractivity contribution in [2.24, 2.45) is 0 Å². The molecule has 1 aromatic rings. The molecule has 6 heteroatoms. The van der Waals surface area contributed by atoms with Gasteiger partial charge in [-0.15, -0.1) is 11.6 Å². The second kappa shape index (κ2) is 5.27. The molecule has 1 rings (SSSR count). The van der Waals surface area contributed by atoms with Crippen LogP contribution < -0.4 is 0 Å². The summed E-state index contributed by atoms with van der Waals surface area (Å²) in [4.78, 5) is 20.8. The molecule has 1 N–H and O–H groups in total. The highest BCUT2D eigenvalue weighted by molar-refractivity contribution is 6.19. The van der Waals surface area contributed by atoms with Crippen molar-refractivity contribution in [2.75, 3.05) is 5.88 Å². The van der Waals surface area contributed by atoms with E-state index in [0.717, 1.165) is 6.07 Å². The van der Waals surface area contributed by atoms with Crippen molar-refractivity contribution in [3.05, 3.63) is 45.5 Å². The summed E-state index contributed by atoms with van der Waals surface area (Å²) in [6.45, 7) is 0. The molecule has 0 aliphatic heterocycles. The molecule has 0 unspecified atom stereocenters. The van der Waals surface area contributed by atoms with E-state index in [4.69, 9.17) is 16.7 Å². The van der Waals surface area contributed by atoms with Crippen molar-refractivity contribution in [3.8, 4) is 0 Å². The highest BCUT2D eigenvalue weighted by atomic mass is 35.5. The fraction of sp³-hybridized carbons (Fsp3) is 0.100. The fourth-order valence-corrected chi connectivity index (χ4v) is 1.26. The van der Waals surface area contributed by atoms with Crippen molar-refractivity contribution in [3.63, 3.8) is 0 Å². The molecule has 1 aromatic carbocycles. The Kier molecular flexibility index (Phi) is 4.02. The number of hydrogen-bond donors (Lipinski definition) is 1. The number of carboxylic acids is 1. The number of nitro benzene ring substituents is 1. The predicted molar refractivity (Wildman–Crippen MR) is 59.8 cm³/mol. The number of hydrogen-bond acceptors (Lipinski definition) is 3. The van der Waals surface area contributed by atoms with Gasteiger partial charge >= 0.3 is 5.97 Å². The summed E-state index contributed by atoms with van der Waals surface area (Å²) in [6, 6.07) is 3.56. The molecule has 0 heterocycles. The quantitative estimate of drug-likeness (QED) is 0.499. The van der Waals surface area contributed by atoms with Gasteiger partial charge < -0.3 is 5.11 Å². The van der Waals surface area contributed by atoms with Gasteiger partial charge in [-0.2, -0.15) is 0 Å². The van der Waals surface area contributed by atoms with Crippen LogP contribution in [0.5, 0.6) is 0 Å². The summed E-state index contributed by atoms with van der Waals surface area (Å²) >= 11 is 5.42. The third-order valence-electron chi connectivity index (χ3n) is 1.86. The molecule has 0 bridgehead atoms. The van der Waals surface area contributed by atoms with Crippen LogP contribution in [0.3, 0.4) is 0 Å². The Labute approximate surface area is 96.1 Å². The SMILES string of the molecule is O=C(O)c1ccc([N+](=O)[O-])cc1C=CCCl. The standard InChI is InChI=1S/C10H8ClNO4/c11-5-1-2-7-6-8(12(15)16)3-4-9(7)10(13)14/h1-4,6H,5H2,(H,13,14). The van der Waals surface area contributed by atoms with E-state index < -0.39 is 10.9 Å². The number of aromatic carboxylic acids is 1. The molecule has 0 spiro atoms. The molecular weight excluding hydrogens is 234 g/mol. The van der Waals surface area contributed by atoms with E-state index in [2.05, 4.69) is 0 Å². The van der Waals surface area contributed by atoms with Crippen molar-refractivity contribution in [2.45, 2.75) is 0 Å². The lowest BCUT2D eigenvalue weighted by Crippen LogP contribution is -2.00. The summed E-state index contributed by atoms with van der Waals surface area (Å²) in [5, 5.41) is 19.4. The van der Waals surface area contributed by atoms with Crippen LogP contribution in [0.2, 0.25) is 0 Å². The Morgan fingerprint density at radius 2 is 2.25 bits per heavy atom. The number of allylic oxidation sites excluding steroid dienone is 1. The van der Waals surface area contributed by atoms with E-state index in [9.17, 15) is 14.9 Å². The molecule has 0 radical (unpaired) electrons. The van der Waals surface area contributed by atoms with Crippen molar-refractivity contribution >= 4 is 29.3 Å². The van der Waals surface area contributed by atoms with Crippen LogP contribution in [0.4, 0.5) is 5.69 Å². The average molecular weight is 242 g/mol. The Morgan fingerprint density at radius 1 is 1.56 bits per heavy atom. The summed E-state index contributed by atoms with van der Waals surface area (Å²) in [5.74, 6) is -0.925. The van der Waals surface area contributed by atoms with Gasteiger partial charge in [-0.3, -0.25) is 10.1 Å². The first kappa shape index (κ1) is 12.2. The zero-order valence-electron chi connectivity index (χ0n) is 8.09. The fourth-order valence-electron chi connectivity index (χ4n) is 1.17. The highest BCUT2D eigenvalue weighted by Gasteiger charge is 2.13. The van der Waals surface area contributed by atoms with Crippen LogP contribution in [0.15, 0.2) is 24.3 Å².